The van der Waals surface area contributed by atoms with Crippen LogP contribution in [-0.4, -0.2) is 5.78 Å². The van der Waals surface area contributed by atoms with Crippen molar-refractivity contribution in [2.75, 3.05) is 0 Å². The maximum atomic E-state index is 13.6. The molecule has 1 aliphatic carbocycles. The zero-order valence-corrected chi connectivity index (χ0v) is 10.8. The minimum absolute atomic E-state index is 0.00352. The van der Waals surface area contributed by atoms with Gasteiger partial charge in [0, 0.05) is 10.4 Å². The summed E-state index contributed by atoms with van der Waals surface area (Å²) in [5, 5.41) is 0. The molecule has 1 aromatic carbocycles. The smallest absolute Gasteiger partial charge is 0.169 e. The van der Waals surface area contributed by atoms with Crippen LogP contribution < -0.4 is 0 Å². The maximum Gasteiger partial charge on any atom is 0.169 e. The molecule has 0 amide bonds. The first-order valence-electron chi connectivity index (χ1n) is 5.59. The number of ketones is 1. The van der Waals surface area contributed by atoms with Crippen molar-refractivity contribution in [2.45, 2.75) is 26.2 Å². The fourth-order valence-electron chi connectivity index (χ4n) is 2.42. The molecular formula is C13H14BrFO. The Kier molecular flexibility index (Phi) is 3.43. The molecular weight excluding hydrogens is 271 g/mol. The van der Waals surface area contributed by atoms with Gasteiger partial charge in [0.05, 0.1) is 5.56 Å². The van der Waals surface area contributed by atoms with Crippen LogP contribution in [0.1, 0.15) is 36.5 Å². The van der Waals surface area contributed by atoms with Crippen molar-refractivity contribution in [3.8, 4) is 0 Å². The van der Waals surface area contributed by atoms with Crippen molar-refractivity contribution < 1.29 is 9.18 Å². The van der Waals surface area contributed by atoms with E-state index in [9.17, 15) is 9.18 Å². The summed E-state index contributed by atoms with van der Waals surface area (Å²) in [5.74, 6) is -0.0641. The van der Waals surface area contributed by atoms with Gasteiger partial charge in [0.1, 0.15) is 5.82 Å². The normalized spacial score (nSPS) is 24.7. The topological polar surface area (TPSA) is 17.1 Å². The van der Waals surface area contributed by atoms with Gasteiger partial charge in [-0.25, -0.2) is 4.39 Å². The summed E-state index contributed by atoms with van der Waals surface area (Å²) < 4.78 is 14.3. The van der Waals surface area contributed by atoms with Crippen LogP contribution in [0.15, 0.2) is 22.7 Å². The van der Waals surface area contributed by atoms with Crippen LogP contribution in [0.25, 0.3) is 0 Å². The first-order chi connectivity index (χ1) is 7.59. The largest absolute Gasteiger partial charge is 0.294 e. The molecule has 2 unspecified atom stereocenters. The molecule has 0 bridgehead atoms. The second-order valence-electron chi connectivity index (χ2n) is 4.50. The van der Waals surface area contributed by atoms with E-state index >= 15 is 0 Å². The van der Waals surface area contributed by atoms with Crippen molar-refractivity contribution >= 4 is 21.7 Å². The van der Waals surface area contributed by atoms with Crippen LogP contribution in [0.4, 0.5) is 4.39 Å². The van der Waals surface area contributed by atoms with E-state index in [1.807, 2.05) is 0 Å². The van der Waals surface area contributed by atoms with Gasteiger partial charge in [0.25, 0.3) is 0 Å². The molecule has 3 heteroatoms. The van der Waals surface area contributed by atoms with E-state index in [1.54, 1.807) is 12.1 Å². The van der Waals surface area contributed by atoms with E-state index in [2.05, 4.69) is 22.9 Å². The van der Waals surface area contributed by atoms with Gasteiger partial charge in [0.2, 0.25) is 0 Å². The van der Waals surface area contributed by atoms with Gasteiger partial charge in [-0.05, 0) is 37.0 Å². The fourth-order valence-corrected chi connectivity index (χ4v) is 2.78. The predicted octanol–water partition coefficient (Wildman–Crippen LogP) is 4.21. The summed E-state index contributed by atoms with van der Waals surface area (Å²) >= 11 is 3.27. The van der Waals surface area contributed by atoms with E-state index in [0.717, 1.165) is 23.7 Å². The first-order valence-corrected chi connectivity index (χ1v) is 6.38. The Morgan fingerprint density at radius 3 is 2.81 bits per heavy atom. The van der Waals surface area contributed by atoms with E-state index in [-0.39, 0.29) is 17.3 Å². The van der Waals surface area contributed by atoms with Crippen LogP contribution in [-0.2, 0) is 0 Å². The van der Waals surface area contributed by atoms with Gasteiger partial charge in [-0.3, -0.25) is 4.79 Å². The number of hydrogen-bond acceptors (Lipinski definition) is 1. The summed E-state index contributed by atoms with van der Waals surface area (Å²) in [6, 6.07) is 4.55. The van der Waals surface area contributed by atoms with E-state index in [1.165, 1.54) is 6.07 Å². The molecule has 2 rings (SSSR count). The summed E-state index contributed by atoms with van der Waals surface area (Å²) in [5.41, 5.74) is 0.230. The third-order valence-corrected chi connectivity index (χ3v) is 3.89. The van der Waals surface area contributed by atoms with E-state index in [0.29, 0.717) is 5.92 Å². The third-order valence-electron chi connectivity index (χ3n) is 3.39. The highest BCUT2D eigenvalue weighted by molar-refractivity contribution is 9.10. The number of halogens is 2. The molecule has 1 nitrogen and oxygen atoms in total. The van der Waals surface area contributed by atoms with Crippen molar-refractivity contribution in [1.29, 1.82) is 0 Å². The standard InChI is InChI=1S/C13H14BrFO/c1-8-3-2-4-10(8)13(16)11-7-9(14)5-6-12(11)15/h5-8,10H,2-4H2,1H3. The summed E-state index contributed by atoms with van der Waals surface area (Å²) in [7, 11) is 0. The Bertz CT molecular complexity index is 416. The second-order valence-corrected chi connectivity index (χ2v) is 5.42. The number of Topliss-reactive ketones (excluding diaryl/α,β-unsaturated/α-hetero) is 1. The van der Waals surface area contributed by atoms with Gasteiger partial charge in [-0.2, -0.15) is 0 Å². The van der Waals surface area contributed by atoms with Crippen molar-refractivity contribution in [3.63, 3.8) is 0 Å². The lowest BCUT2D eigenvalue weighted by Gasteiger charge is -2.14. The van der Waals surface area contributed by atoms with Crippen molar-refractivity contribution in [1.82, 2.24) is 0 Å². The zero-order chi connectivity index (χ0) is 11.7. The quantitative estimate of drug-likeness (QED) is 0.744. The molecule has 1 fully saturated rings. The Balaban J connectivity index is 2.29. The molecule has 0 aromatic heterocycles. The monoisotopic (exact) mass is 284 g/mol. The lowest BCUT2D eigenvalue weighted by atomic mass is 9.89. The Morgan fingerprint density at radius 2 is 2.19 bits per heavy atom. The van der Waals surface area contributed by atoms with Crippen LogP contribution in [0.3, 0.4) is 0 Å². The molecule has 16 heavy (non-hydrogen) atoms. The minimum atomic E-state index is -0.410. The number of carbonyl (C=O) groups is 1. The SMILES string of the molecule is CC1CCCC1C(=O)c1cc(Br)ccc1F. The number of benzene rings is 1. The minimum Gasteiger partial charge on any atom is -0.294 e. The molecule has 1 aromatic rings. The van der Waals surface area contributed by atoms with Gasteiger partial charge in [-0.15, -0.1) is 0 Å². The molecule has 0 N–H and O–H groups in total. The van der Waals surface area contributed by atoms with Crippen molar-refractivity contribution in [2.24, 2.45) is 11.8 Å². The fraction of sp³-hybridized carbons (Fsp3) is 0.462. The Hall–Kier alpha value is -0.700. The molecule has 0 radical (unpaired) electrons. The molecule has 1 saturated carbocycles. The molecule has 0 saturated heterocycles. The first kappa shape index (κ1) is 11.8. The highest BCUT2D eigenvalue weighted by atomic mass is 79.9. The highest BCUT2D eigenvalue weighted by Crippen LogP contribution is 2.34. The van der Waals surface area contributed by atoms with Gasteiger partial charge < -0.3 is 0 Å². The lowest BCUT2D eigenvalue weighted by Crippen LogP contribution is -2.18. The van der Waals surface area contributed by atoms with E-state index < -0.39 is 5.82 Å². The maximum absolute atomic E-state index is 13.6. The van der Waals surface area contributed by atoms with Crippen molar-refractivity contribution in [3.05, 3.63) is 34.1 Å². The summed E-state index contributed by atoms with van der Waals surface area (Å²) in [4.78, 5) is 12.2. The molecule has 0 heterocycles. The molecule has 0 spiro atoms. The second kappa shape index (κ2) is 4.66. The molecule has 1 aliphatic rings. The number of hydrogen-bond donors (Lipinski definition) is 0. The Labute approximate surface area is 103 Å². The van der Waals surface area contributed by atoms with Gasteiger partial charge in [0.15, 0.2) is 5.78 Å². The average Bonchev–Trinajstić information content (AvgIpc) is 2.67. The van der Waals surface area contributed by atoms with Gasteiger partial charge >= 0.3 is 0 Å². The van der Waals surface area contributed by atoms with Crippen LogP contribution in [0, 0.1) is 17.7 Å². The molecule has 2 atom stereocenters. The number of rotatable bonds is 2. The highest BCUT2D eigenvalue weighted by Gasteiger charge is 2.31. The van der Waals surface area contributed by atoms with Gasteiger partial charge in [-0.1, -0.05) is 29.3 Å². The predicted molar refractivity (Wildman–Crippen MR) is 64.9 cm³/mol. The summed E-state index contributed by atoms with van der Waals surface area (Å²) in [6.45, 7) is 2.07. The number of carbonyl (C=O) groups excluding carboxylic acids is 1. The third kappa shape index (κ3) is 2.19. The summed E-state index contributed by atoms with van der Waals surface area (Å²) in [6.07, 6.45) is 3.05. The Morgan fingerprint density at radius 1 is 1.44 bits per heavy atom. The van der Waals surface area contributed by atoms with Crippen LogP contribution in [0.2, 0.25) is 0 Å². The zero-order valence-electron chi connectivity index (χ0n) is 9.17. The average molecular weight is 285 g/mol. The molecule has 0 aliphatic heterocycles. The lowest BCUT2D eigenvalue weighted by molar-refractivity contribution is 0.0893. The van der Waals surface area contributed by atoms with Crippen LogP contribution >= 0.6 is 15.9 Å². The van der Waals surface area contributed by atoms with Crippen LogP contribution in [0.5, 0.6) is 0 Å². The molecule has 86 valence electrons. The van der Waals surface area contributed by atoms with E-state index in [4.69, 9.17) is 0 Å².